The number of halogens is 3. The Morgan fingerprint density at radius 1 is 1.24 bits per heavy atom. The average molecular weight is 353 g/mol. The lowest BCUT2D eigenvalue weighted by molar-refractivity contribution is 0.0758. The molecule has 7 heteroatoms. The molecule has 0 spiro atoms. The first-order chi connectivity index (χ1) is 9.25. The number of nitrogens with one attached hydrogen (secondary N) is 1. The minimum absolute atomic E-state index is 0. The minimum atomic E-state index is 0. The maximum Gasteiger partial charge on any atom is 0.255 e. The summed E-state index contributed by atoms with van der Waals surface area (Å²) in [5, 5.41) is 3.89. The van der Waals surface area contributed by atoms with Crippen molar-refractivity contribution in [2.24, 2.45) is 11.8 Å². The molecule has 3 rings (SSSR count). The highest BCUT2D eigenvalue weighted by molar-refractivity contribution is 6.33. The highest BCUT2D eigenvalue weighted by atomic mass is 35.5. The van der Waals surface area contributed by atoms with E-state index in [2.05, 4.69) is 10.3 Å². The van der Waals surface area contributed by atoms with Crippen LogP contribution in [-0.2, 0) is 0 Å². The van der Waals surface area contributed by atoms with Crippen LogP contribution in [0.3, 0.4) is 0 Å². The van der Waals surface area contributed by atoms with Crippen LogP contribution >= 0.6 is 36.4 Å². The molecule has 0 bridgehead atoms. The molecule has 2 aliphatic heterocycles. The van der Waals surface area contributed by atoms with Gasteiger partial charge in [0.2, 0.25) is 0 Å². The predicted molar refractivity (Wildman–Crippen MR) is 88.7 cm³/mol. The van der Waals surface area contributed by atoms with Gasteiger partial charge in [0.15, 0.2) is 0 Å². The standard InChI is InChI=1S/C14H18ClN3O.2ClH/c15-13-9-16-4-1-12(13)14(19)18-5-2-10-7-17-8-11(10)3-6-18;;/h1,4,9-11,17H,2-3,5-8H2;2*1H/t10-,11+;;. The topological polar surface area (TPSA) is 45.2 Å². The Bertz CT molecular complexity index is 472. The summed E-state index contributed by atoms with van der Waals surface area (Å²) in [5.74, 6) is 1.50. The lowest BCUT2D eigenvalue weighted by Crippen LogP contribution is -2.33. The fourth-order valence-electron chi connectivity index (χ4n) is 3.14. The van der Waals surface area contributed by atoms with E-state index < -0.39 is 0 Å². The maximum absolute atomic E-state index is 12.5. The van der Waals surface area contributed by atoms with Crippen molar-refractivity contribution in [3.63, 3.8) is 0 Å². The Labute approximate surface area is 142 Å². The summed E-state index contributed by atoms with van der Waals surface area (Å²) < 4.78 is 0. The van der Waals surface area contributed by atoms with Crippen molar-refractivity contribution in [2.75, 3.05) is 26.2 Å². The molecule has 2 fully saturated rings. The van der Waals surface area contributed by atoms with Gasteiger partial charge in [-0.05, 0) is 43.8 Å². The van der Waals surface area contributed by atoms with Crippen LogP contribution in [-0.4, -0.2) is 42.0 Å². The number of aromatic nitrogens is 1. The van der Waals surface area contributed by atoms with E-state index in [0.29, 0.717) is 10.6 Å². The van der Waals surface area contributed by atoms with Gasteiger partial charge in [0.25, 0.3) is 5.91 Å². The van der Waals surface area contributed by atoms with Crippen molar-refractivity contribution in [3.8, 4) is 0 Å². The zero-order valence-electron chi connectivity index (χ0n) is 11.6. The number of likely N-dealkylation sites (tertiary alicyclic amines) is 1. The predicted octanol–water partition coefficient (Wildman–Crippen LogP) is 2.65. The third kappa shape index (κ3) is 4.01. The van der Waals surface area contributed by atoms with Crippen molar-refractivity contribution < 1.29 is 4.79 Å². The van der Waals surface area contributed by atoms with E-state index in [1.165, 1.54) is 6.20 Å². The number of rotatable bonds is 1. The summed E-state index contributed by atoms with van der Waals surface area (Å²) in [4.78, 5) is 18.4. The van der Waals surface area contributed by atoms with Gasteiger partial charge >= 0.3 is 0 Å². The average Bonchev–Trinajstić information content (AvgIpc) is 2.78. The SMILES string of the molecule is Cl.Cl.O=C(c1ccncc1Cl)N1CC[C@@H]2CNC[C@@H]2CC1. The molecule has 0 unspecified atom stereocenters. The van der Waals surface area contributed by atoms with Crippen LogP contribution in [0.4, 0.5) is 0 Å². The fourth-order valence-corrected chi connectivity index (χ4v) is 3.34. The normalized spacial score (nSPS) is 24.3. The van der Waals surface area contributed by atoms with Gasteiger partial charge in [-0.1, -0.05) is 11.6 Å². The Hall–Kier alpha value is -0.550. The number of carbonyl (C=O) groups is 1. The van der Waals surface area contributed by atoms with Crippen molar-refractivity contribution >= 4 is 42.3 Å². The van der Waals surface area contributed by atoms with Gasteiger partial charge in [0.1, 0.15) is 0 Å². The van der Waals surface area contributed by atoms with Gasteiger partial charge in [-0.25, -0.2) is 0 Å². The number of fused-ring (bicyclic) bond motifs is 1. The molecule has 1 N–H and O–H groups in total. The first-order valence-corrected chi connectivity index (χ1v) is 7.23. The second kappa shape index (κ2) is 8.18. The Morgan fingerprint density at radius 2 is 1.86 bits per heavy atom. The van der Waals surface area contributed by atoms with Crippen LogP contribution in [0.5, 0.6) is 0 Å². The second-order valence-corrected chi connectivity index (χ2v) is 5.81. The van der Waals surface area contributed by atoms with E-state index in [0.717, 1.165) is 50.9 Å². The molecule has 0 aromatic carbocycles. The Morgan fingerprint density at radius 3 is 2.43 bits per heavy atom. The summed E-state index contributed by atoms with van der Waals surface area (Å²) in [6, 6.07) is 1.71. The van der Waals surface area contributed by atoms with Gasteiger partial charge in [-0.15, -0.1) is 24.8 Å². The molecule has 2 saturated heterocycles. The molecule has 1 amide bonds. The number of nitrogens with zero attached hydrogens (tertiary/aromatic N) is 2. The van der Waals surface area contributed by atoms with E-state index in [9.17, 15) is 4.79 Å². The van der Waals surface area contributed by atoms with E-state index in [1.807, 2.05) is 4.90 Å². The molecule has 2 aliphatic rings. The quantitative estimate of drug-likeness (QED) is 0.845. The number of amides is 1. The number of hydrogen-bond acceptors (Lipinski definition) is 3. The highest BCUT2D eigenvalue weighted by Crippen LogP contribution is 2.28. The summed E-state index contributed by atoms with van der Waals surface area (Å²) in [6.07, 6.45) is 5.33. The van der Waals surface area contributed by atoms with E-state index >= 15 is 0 Å². The van der Waals surface area contributed by atoms with E-state index in [1.54, 1.807) is 12.3 Å². The molecule has 4 nitrogen and oxygen atoms in total. The summed E-state index contributed by atoms with van der Waals surface area (Å²) in [6.45, 7) is 3.87. The second-order valence-electron chi connectivity index (χ2n) is 5.40. The number of carbonyl (C=O) groups excluding carboxylic acids is 1. The zero-order chi connectivity index (χ0) is 13.2. The molecule has 118 valence electrons. The molecule has 21 heavy (non-hydrogen) atoms. The van der Waals surface area contributed by atoms with Crippen molar-refractivity contribution in [1.29, 1.82) is 0 Å². The van der Waals surface area contributed by atoms with Crippen LogP contribution in [0.25, 0.3) is 0 Å². The number of pyridine rings is 1. The molecule has 3 heterocycles. The highest BCUT2D eigenvalue weighted by Gasteiger charge is 2.31. The first kappa shape index (κ1) is 18.5. The molecule has 2 atom stereocenters. The molecule has 0 saturated carbocycles. The summed E-state index contributed by atoms with van der Waals surface area (Å²) in [5.41, 5.74) is 0.571. The zero-order valence-corrected chi connectivity index (χ0v) is 14.0. The Kier molecular flexibility index (Phi) is 7.21. The molecule has 1 aromatic heterocycles. The summed E-state index contributed by atoms with van der Waals surface area (Å²) in [7, 11) is 0. The largest absolute Gasteiger partial charge is 0.339 e. The lowest BCUT2D eigenvalue weighted by atomic mass is 9.92. The summed E-state index contributed by atoms with van der Waals surface area (Å²) >= 11 is 6.05. The minimum Gasteiger partial charge on any atom is -0.339 e. The lowest BCUT2D eigenvalue weighted by Gasteiger charge is -2.21. The molecule has 0 radical (unpaired) electrons. The van der Waals surface area contributed by atoms with Crippen LogP contribution in [0.1, 0.15) is 23.2 Å². The molecule has 1 aromatic rings. The van der Waals surface area contributed by atoms with Crippen LogP contribution in [0.15, 0.2) is 18.5 Å². The van der Waals surface area contributed by atoms with Gasteiger partial charge in [-0.2, -0.15) is 0 Å². The third-order valence-electron chi connectivity index (χ3n) is 4.31. The molecular weight excluding hydrogens is 333 g/mol. The van der Waals surface area contributed by atoms with Gasteiger partial charge in [0.05, 0.1) is 10.6 Å². The fraction of sp³-hybridized carbons (Fsp3) is 0.571. The van der Waals surface area contributed by atoms with Crippen molar-refractivity contribution in [1.82, 2.24) is 15.2 Å². The van der Waals surface area contributed by atoms with Crippen LogP contribution in [0, 0.1) is 11.8 Å². The van der Waals surface area contributed by atoms with Crippen LogP contribution in [0.2, 0.25) is 5.02 Å². The van der Waals surface area contributed by atoms with Gasteiger partial charge < -0.3 is 10.2 Å². The van der Waals surface area contributed by atoms with Gasteiger partial charge in [-0.3, -0.25) is 9.78 Å². The molecule has 0 aliphatic carbocycles. The smallest absolute Gasteiger partial charge is 0.255 e. The third-order valence-corrected chi connectivity index (χ3v) is 4.61. The monoisotopic (exact) mass is 351 g/mol. The van der Waals surface area contributed by atoms with Gasteiger partial charge in [0, 0.05) is 25.5 Å². The van der Waals surface area contributed by atoms with Crippen LogP contribution < -0.4 is 5.32 Å². The molecular formula is C14H20Cl3N3O. The van der Waals surface area contributed by atoms with E-state index in [4.69, 9.17) is 11.6 Å². The number of hydrogen-bond donors (Lipinski definition) is 1. The first-order valence-electron chi connectivity index (χ1n) is 6.85. The van der Waals surface area contributed by atoms with E-state index in [-0.39, 0.29) is 30.7 Å². The Balaban J connectivity index is 0.00000110. The maximum atomic E-state index is 12.5. The van der Waals surface area contributed by atoms with Crippen molar-refractivity contribution in [3.05, 3.63) is 29.0 Å². The van der Waals surface area contributed by atoms with Crippen molar-refractivity contribution in [2.45, 2.75) is 12.8 Å².